The predicted octanol–water partition coefficient (Wildman–Crippen LogP) is 2.54. The number of hydrogen-bond donors (Lipinski definition) is 1. The largest absolute Gasteiger partial charge is 0.467 e. The van der Waals surface area contributed by atoms with Crippen LogP contribution in [0.3, 0.4) is 0 Å². The number of amides is 1. The van der Waals surface area contributed by atoms with Crippen LogP contribution < -0.4 is 5.32 Å². The maximum atomic E-state index is 12.2. The van der Waals surface area contributed by atoms with Crippen molar-refractivity contribution in [1.82, 2.24) is 5.32 Å². The van der Waals surface area contributed by atoms with Gasteiger partial charge >= 0.3 is 5.97 Å². The van der Waals surface area contributed by atoms with Crippen molar-refractivity contribution in [3.8, 4) is 0 Å². The van der Waals surface area contributed by atoms with Crippen LogP contribution in [0.4, 0.5) is 0 Å². The van der Waals surface area contributed by atoms with E-state index in [0.717, 1.165) is 11.1 Å². The highest BCUT2D eigenvalue weighted by atomic mass is 16.5. The average molecular weight is 275 g/mol. The molecule has 0 aliphatic rings. The van der Waals surface area contributed by atoms with Crippen LogP contribution in [0.15, 0.2) is 30.9 Å². The van der Waals surface area contributed by atoms with Gasteiger partial charge in [-0.15, -0.1) is 6.58 Å². The summed E-state index contributed by atoms with van der Waals surface area (Å²) < 4.78 is 4.71. The molecule has 0 aromatic heterocycles. The summed E-state index contributed by atoms with van der Waals surface area (Å²) in [5, 5.41) is 2.71. The normalized spacial score (nSPS) is 11.6. The van der Waals surface area contributed by atoms with E-state index in [1.54, 1.807) is 18.2 Å². The lowest BCUT2D eigenvalue weighted by atomic mass is 10.1. The molecule has 0 saturated heterocycles. The molecular weight excluding hydrogens is 254 g/mol. The first-order valence-corrected chi connectivity index (χ1v) is 6.55. The number of benzene rings is 1. The maximum Gasteiger partial charge on any atom is 0.328 e. The molecule has 0 saturated carbocycles. The molecule has 4 heteroatoms. The van der Waals surface area contributed by atoms with Gasteiger partial charge in [-0.25, -0.2) is 4.79 Å². The SMILES string of the molecule is C=CCC[C@@H](NC(=O)c1cc(C)cc(C)c1)C(=O)OC. The first-order chi connectivity index (χ1) is 9.47. The fourth-order valence-electron chi connectivity index (χ4n) is 2.02. The highest BCUT2D eigenvalue weighted by Gasteiger charge is 2.21. The highest BCUT2D eigenvalue weighted by molar-refractivity contribution is 5.97. The van der Waals surface area contributed by atoms with Crippen molar-refractivity contribution in [1.29, 1.82) is 0 Å². The number of carbonyl (C=O) groups is 2. The van der Waals surface area contributed by atoms with E-state index >= 15 is 0 Å². The zero-order valence-electron chi connectivity index (χ0n) is 12.2. The Balaban J connectivity index is 2.83. The van der Waals surface area contributed by atoms with Crippen molar-refractivity contribution in [2.24, 2.45) is 0 Å². The molecule has 1 atom stereocenters. The standard InChI is InChI=1S/C16H21NO3/c1-5-6-7-14(16(19)20-4)17-15(18)13-9-11(2)8-12(3)10-13/h5,8-10,14H,1,6-7H2,2-4H3,(H,17,18)/t14-/m1/s1. The first-order valence-electron chi connectivity index (χ1n) is 6.55. The maximum absolute atomic E-state index is 12.2. The number of aryl methyl sites for hydroxylation is 2. The molecule has 108 valence electrons. The third-order valence-corrected chi connectivity index (χ3v) is 2.93. The molecule has 1 aromatic rings. The number of rotatable bonds is 6. The molecule has 1 rings (SSSR count). The number of ether oxygens (including phenoxy) is 1. The zero-order chi connectivity index (χ0) is 15.1. The smallest absolute Gasteiger partial charge is 0.328 e. The first kappa shape index (κ1) is 16.0. The van der Waals surface area contributed by atoms with Crippen LogP contribution in [0.5, 0.6) is 0 Å². The van der Waals surface area contributed by atoms with Crippen molar-refractivity contribution < 1.29 is 14.3 Å². The molecule has 0 aliphatic carbocycles. The molecular formula is C16H21NO3. The van der Waals surface area contributed by atoms with Gasteiger partial charge in [0.05, 0.1) is 7.11 Å². The number of hydrogen-bond acceptors (Lipinski definition) is 3. The van der Waals surface area contributed by atoms with E-state index in [9.17, 15) is 9.59 Å². The molecule has 4 nitrogen and oxygen atoms in total. The minimum atomic E-state index is -0.647. The van der Waals surface area contributed by atoms with Gasteiger partial charge in [0.2, 0.25) is 0 Å². The van der Waals surface area contributed by atoms with Gasteiger partial charge in [0.1, 0.15) is 6.04 Å². The van der Waals surface area contributed by atoms with Crippen molar-refractivity contribution in [3.05, 3.63) is 47.5 Å². The summed E-state index contributed by atoms with van der Waals surface area (Å²) in [5.74, 6) is -0.708. The van der Waals surface area contributed by atoms with Gasteiger partial charge in [0, 0.05) is 5.56 Å². The number of esters is 1. The van der Waals surface area contributed by atoms with Crippen LogP contribution in [0.1, 0.15) is 34.3 Å². The minimum Gasteiger partial charge on any atom is -0.467 e. The number of nitrogens with one attached hydrogen (secondary N) is 1. The van der Waals surface area contributed by atoms with E-state index < -0.39 is 12.0 Å². The molecule has 1 amide bonds. The highest BCUT2D eigenvalue weighted by Crippen LogP contribution is 2.10. The summed E-state index contributed by atoms with van der Waals surface area (Å²) >= 11 is 0. The number of carbonyl (C=O) groups excluding carboxylic acids is 2. The Kier molecular flexibility index (Phi) is 5.97. The van der Waals surface area contributed by atoms with Gasteiger partial charge in [0.25, 0.3) is 5.91 Å². The Morgan fingerprint density at radius 3 is 2.40 bits per heavy atom. The zero-order valence-corrected chi connectivity index (χ0v) is 12.2. The molecule has 0 spiro atoms. The summed E-state index contributed by atoms with van der Waals surface area (Å²) in [5.41, 5.74) is 2.57. The quantitative estimate of drug-likeness (QED) is 0.641. The van der Waals surface area contributed by atoms with Gasteiger partial charge in [-0.1, -0.05) is 23.3 Å². The molecule has 1 aromatic carbocycles. The third-order valence-electron chi connectivity index (χ3n) is 2.93. The number of methoxy groups -OCH3 is 1. The Bertz CT molecular complexity index is 488. The summed E-state index contributed by atoms with van der Waals surface area (Å²) in [6, 6.07) is 4.94. The Morgan fingerprint density at radius 2 is 1.90 bits per heavy atom. The molecule has 20 heavy (non-hydrogen) atoms. The monoisotopic (exact) mass is 275 g/mol. The van der Waals surface area contributed by atoms with Crippen LogP contribution >= 0.6 is 0 Å². The molecule has 0 unspecified atom stereocenters. The summed E-state index contributed by atoms with van der Waals surface area (Å²) in [7, 11) is 1.31. The van der Waals surface area contributed by atoms with Gasteiger partial charge in [-0.05, 0) is 38.8 Å². The van der Waals surface area contributed by atoms with Gasteiger partial charge in [0.15, 0.2) is 0 Å². The minimum absolute atomic E-state index is 0.267. The Morgan fingerprint density at radius 1 is 1.30 bits per heavy atom. The van der Waals surface area contributed by atoms with Gasteiger partial charge in [-0.2, -0.15) is 0 Å². The van der Waals surface area contributed by atoms with E-state index in [1.807, 2.05) is 19.9 Å². The van der Waals surface area contributed by atoms with Crippen molar-refractivity contribution in [2.45, 2.75) is 32.7 Å². The summed E-state index contributed by atoms with van der Waals surface area (Å²) in [4.78, 5) is 23.8. The second-order valence-electron chi connectivity index (χ2n) is 4.79. The fraction of sp³-hybridized carbons (Fsp3) is 0.375. The summed E-state index contributed by atoms with van der Waals surface area (Å²) in [6.07, 6.45) is 2.82. The predicted molar refractivity (Wildman–Crippen MR) is 78.6 cm³/mol. The lowest BCUT2D eigenvalue weighted by molar-refractivity contribution is -0.143. The lowest BCUT2D eigenvalue weighted by Gasteiger charge is -2.16. The molecule has 0 radical (unpaired) electrons. The fourth-order valence-corrected chi connectivity index (χ4v) is 2.02. The Hall–Kier alpha value is -2.10. The van der Waals surface area contributed by atoms with E-state index in [2.05, 4.69) is 11.9 Å². The van der Waals surface area contributed by atoms with Crippen LogP contribution in [-0.4, -0.2) is 25.0 Å². The van der Waals surface area contributed by atoms with Gasteiger partial charge < -0.3 is 10.1 Å². The van der Waals surface area contributed by atoms with E-state index in [0.29, 0.717) is 18.4 Å². The molecule has 0 fully saturated rings. The topological polar surface area (TPSA) is 55.4 Å². The lowest BCUT2D eigenvalue weighted by Crippen LogP contribution is -2.41. The molecule has 1 N–H and O–H groups in total. The van der Waals surface area contributed by atoms with E-state index in [4.69, 9.17) is 4.74 Å². The van der Waals surface area contributed by atoms with Crippen molar-refractivity contribution >= 4 is 11.9 Å². The van der Waals surface area contributed by atoms with Crippen LogP contribution in [0.25, 0.3) is 0 Å². The average Bonchev–Trinajstić information content (AvgIpc) is 2.41. The third kappa shape index (κ3) is 4.53. The summed E-state index contributed by atoms with van der Waals surface area (Å²) in [6.45, 7) is 7.47. The molecule has 0 bridgehead atoms. The van der Waals surface area contributed by atoms with E-state index in [1.165, 1.54) is 7.11 Å². The van der Waals surface area contributed by atoms with Crippen molar-refractivity contribution in [2.75, 3.05) is 7.11 Å². The van der Waals surface area contributed by atoms with Crippen molar-refractivity contribution in [3.63, 3.8) is 0 Å². The second-order valence-corrected chi connectivity index (χ2v) is 4.79. The van der Waals surface area contributed by atoms with Crippen LogP contribution in [0.2, 0.25) is 0 Å². The second kappa shape index (κ2) is 7.48. The Labute approximate surface area is 119 Å². The molecule has 0 heterocycles. The van der Waals surface area contributed by atoms with Crippen LogP contribution in [0, 0.1) is 13.8 Å². The van der Waals surface area contributed by atoms with Gasteiger partial charge in [-0.3, -0.25) is 4.79 Å². The molecule has 0 aliphatic heterocycles. The van der Waals surface area contributed by atoms with E-state index in [-0.39, 0.29) is 5.91 Å². The number of allylic oxidation sites excluding steroid dienone is 1. The van der Waals surface area contributed by atoms with Crippen LogP contribution in [-0.2, 0) is 9.53 Å².